The first-order valence-electron chi connectivity index (χ1n) is 7.49. The summed E-state index contributed by atoms with van der Waals surface area (Å²) in [5.74, 6) is 0.0196. The number of nitrogens with one attached hydrogen (secondary N) is 1. The Morgan fingerprint density at radius 2 is 1.91 bits per heavy atom. The smallest absolute Gasteiger partial charge is 0.291 e. The molecule has 1 amide bonds. The van der Waals surface area contributed by atoms with Crippen molar-refractivity contribution in [3.63, 3.8) is 0 Å². The molecule has 0 atom stereocenters. The molecule has 3 rings (SSSR count). The molecule has 0 saturated carbocycles. The fourth-order valence-corrected chi connectivity index (χ4v) is 2.48. The van der Waals surface area contributed by atoms with E-state index in [2.05, 4.69) is 41.6 Å². The Labute approximate surface area is 134 Å². The minimum Gasteiger partial charge on any atom is -0.459 e. The van der Waals surface area contributed by atoms with Crippen LogP contribution in [-0.4, -0.2) is 15.7 Å². The number of benzene rings is 1. The first-order chi connectivity index (χ1) is 11.0. The number of furan rings is 1. The lowest BCUT2D eigenvalue weighted by Crippen LogP contribution is -2.12. The van der Waals surface area contributed by atoms with Gasteiger partial charge in [0.25, 0.3) is 5.91 Å². The van der Waals surface area contributed by atoms with Crippen molar-refractivity contribution in [1.29, 1.82) is 0 Å². The molecule has 5 nitrogen and oxygen atoms in total. The predicted molar refractivity (Wildman–Crippen MR) is 88.6 cm³/mol. The van der Waals surface area contributed by atoms with E-state index in [0.717, 1.165) is 17.1 Å². The van der Waals surface area contributed by atoms with E-state index in [1.54, 1.807) is 12.1 Å². The average Bonchev–Trinajstić information content (AvgIpc) is 3.14. The maximum absolute atomic E-state index is 12.1. The Morgan fingerprint density at radius 1 is 1.17 bits per heavy atom. The molecule has 0 fully saturated rings. The lowest BCUT2D eigenvalue weighted by molar-refractivity contribution is 0.0996. The molecule has 0 radical (unpaired) electrons. The van der Waals surface area contributed by atoms with Crippen molar-refractivity contribution in [2.24, 2.45) is 0 Å². The highest BCUT2D eigenvalue weighted by Gasteiger charge is 2.16. The molecular weight excluding hydrogens is 290 g/mol. The number of hydrogen-bond donors (Lipinski definition) is 1. The van der Waals surface area contributed by atoms with Gasteiger partial charge in [0.1, 0.15) is 0 Å². The molecule has 0 saturated heterocycles. The van der Waals surface area contributed by atoms with Gasteiger partial charge in [-0.05, 0) is 38.5 Å². The SMILES string of the molecule is Cc1ccc(Cn2nc(C)c(NC(=O)c3ccco3)c2C)cc1. The Hall–Kier alpha value is -2.82. The Morgan fingerprint density at radius 3 is 2.57 bits per heavy atom. The highest BCUT2D eigenvalue weighted by molar-refractivity contribution is 6.02. The molecule has 3 aromatic rings. The molecule has 0 spiro atoms. The van der Waals surface area contributed by atoms with Gasteiger partial charge in [0.05, 0.1) is 29.9 Å². The van der Waals surface area contributed by atoms with Crippen LogP contribution in [0.5, 0.6) is 0 Å². The van der Waals surface area contributed by atoms with Crippen LogP contribution in [0.1, 0.15) is 33.1 Å². The minimum atomic E-state index is -0.268. The number of aromatic nitrogens is 2. The number of nitrogens with zero attached hydrogens (tertiary/aromatic N) is 2. The number of rotatable bonds is 4. The fraction of sp³-hybridized carbons (Fsp3) is 0.222. The highest BCUT2D eigenvalue weighted by atomic mass is 16.3. The molecule has 1 aromatic carbocycles. The zero-order valence-corrected chi connectivity index (χ0v) is 13.5. The second-order valence-electron chi connectivity index (χ2n) is 5.62. The molecule has 0 unspecified atom stereocenters. The first-order valence-corrected chi connectivity index (χ1v) is 7.49. The predicted octanol–water partition coefficient (Wildman–Crippen LogP) is 3.70. The number of carbonyl (C=O) groups excluding carboxylic acids is 1. The van der Waals surface area contributed by atoms with Gasteiger partial charge in [-0.2, -0.15) is 5.10 Å². The summed E-state index contributed by atoms with van der Waals surface area (Å²) in [6.07, 6.45) is 1.48. The van der Waals surface area contributed by atoms with Gasteiger partial charge >= 0.3 is 0 Å². The van der Waals surface area contributed by atoms with Crippen molar-refractivity contribution < 1.29 is 9.21 Å². The van der Waals surface area contributed by atoms with Crippen molar-refractivity contribution >= 4 is 11.6 Å². The van der Waals surface area contributed by atoms with Gasteiger partial charge in [-0.1, -0.05) is 29.8 Å². The molecule has 0 aliphatic heterocycles. The highest BCUT2D eigenvalue weighted by Crippen LogP contribution is 2.21. The van der Waals surface area contributed by atoms with E-state index in [1.807, 2.05) is 18.5 Å². The lowest BCUT2D eigenvalue weighted by Gasteiger charge is -2.07. The van der Waals surface area contributed by atoms with Crippen molar-refractivity contribution in [1.82, 2.24) is 9.78 Å². The van der Waals surface area contributed by atoms with Crippen LogP contribution in [0.2, 0.25) is 0 Å². The zero-order valence-electron chi connectivity index (χ0n) is 13.5. The average molecular weight is 309 g/mol. The molecule has 0 aliphatic rings. The van der Waals surface area contributed by atoms with E-state index in [-0.39, 0.29) is 11.7 Å². The van der Waals surface area contributed by atoms with Gasteiger partial charge in [0, 0.05) is 0 Å². The van der Waals surface area contributed by atoms with Crippen LogP contribution in [-0.2, 0) is 6.54 Å². The largest absolute Gasteiger partial charge is 0.459 e. The standard InChI is InChI=1S/C18H19N3O2/c1-12-6-8-15(9-7-12)11-21-14(3)17(13(2)20-21)19-18(22)16-5-4-10-23-16/h4-10H,11H2,1-3H3,(H,19,22). The Kier molecular flexibility index (Phi) is 4.02. The van der Waals surface area contributed by atoms with Crippen LogP contribution < -0.4 is 5.32 Å². The Bertz CT molecular complexity index is 815. The van der Waals surface area contributed by atoms with E-state index < -0.39 is 0 Å². The number of hydrogen-bond acceptors (Lipinski definition) is 3. The molecule has 118 valence electrons. The third kappa shape index (κ3) is 3.18. The van der Waals surface area contributed by atoms with Crippen LogP contribution in [0.15, 0.2) is 47.1 Å². The summed E-state index contributed by atoms with van der Waals surface area (Å²) in [4.78, 5) is 12.1. The van der Waals surface area contributed by atoms with E-state index in [4.69, 9.17) is 4.42 Å². The van der Waals surface area contributed by atoms with Gasteiger partial charge in [-0.25, -0.2) is 0 Å². The van der Waals surface area contributed by atoms with Crippen molar-refractivity contribution in [3.8, 4) is 0 Å². The summed E-state index contributed by atoms with van der Waals surface area (Å²) in [5, 5.41) is 7.41. The molecule has 0 aliphatic carbocycles. The number of carbonyl (C=O) groups is 1. The molecule has 1 N–H and O–H groups in total. The summed E-state index contributed by atoms with van der Waals surface area (Å²) >= 11 is 0. The van der Waals surface area contributed by atoms with Gasteiger partial charge in [0.2, 0.25) is 0 Å². The van der Waals surface area contributed by atoms with E-state index in [1.165, 1.54) is 17.4 Å². The molecule has 2 aromatic heterocycles. The van der Waals surface area contributed by atoms with E-state index >= 15 is 0 Å². The van der Waals surface area contributed by atoms with Crippen molar-refractivity contribution in [2.45, 2.75) is 27.3 Å². The van der Waals surface area contributed by atoms with Gasteiger partial charge in [-0.3, -0.25) is 9.48 Å². The summed E-state index contributed by atoms with van der Waals surface area (Å²) in [7, 11) is 0. The number of amides is 1. The van der Waals surface area contributed by atoms with Gasteiger partial charge < -0.3 is 9.73 Å². The summed E-state index contributed by atoms with van der Waals surface area (Å²) in [5.41, 5.74) is 4.84. The van der Waals surface area contributed by atoms with Gasteiger partial charge in [0.15, 0.2) is 5.76 Å². The minimum absolute atomic E-state index is 0.268. The second kappa shape index (κ2) is 6.12. The van der Waals surface area contributed by atoms with Crippen molar-refractivity contribution in [2.75, 3.05) is 5.32 Å². The summed E-state index contributed by atoms with van der Waals surface area (Å²) in [6.45, 7) is 6.57. The number of aryl methyl sites for hydroxylation is 2. The van der Waals surface area contributed by atoms with Crippen LogP contribution in [0, 0.1) is 20.8 Å². The van der Waals surface area contributed by atoms with Crippen LogP contribution in [0.4, 0.5) is 5.69 Å². The van der Waals surface area contributed by atoms with E-state index in [0.29, 0.717) is 6.54 Å². The summed E-state index contributed by atoms with van der Waals surface area (Å²) in [6, 6.07) is 11.7. The molecule has 23 heavy (non-hydrogen) atoms. The molecule has 5 heteroatoms. The molecule has 0 bridgehead atoms. The maximum Gasteiger partial charge on any atom is 0.291 e. The first kappa shape index (κ1) is 15.1. The summed E-state index contributed by atoms with van der Waals surface area (Å²) < 4.78 is 7.02. The quantitative estimate of drug-likeness (QED) is 0.799. The van der Waals surface area contributed by atoms with Gasteiger partial charge in [-0.15, -0.1) is 0 Å². The second-order valence-corrected chi connectivity index (χ2v) is 5.62. The van der Waals surface area contributed by atoms with Crippen molar-refractivity contribution in [3.05, 3.63) is 70.9 Å². The Balaban J connectivity index is 1.81. The molecular formula is C18H19N3O2. The monoisotopic (exact) mass is 309 g/mol. The third-order valence-electron chi connectivity index (χ3n) is 3.82. The molecule has 2 heterocycles. The maximum atomic E-state index is 12.1. The topological polar surface area (TPSA) is 60.1 Å². The van der Waals surface area contributed by atoms with Crippen LogP contribution >= 0.6 is 0 Å². The van der Waals surface area contributed by atoms with Crippen LogP contribution in [0.3, 0.4) is 0 Å². The lowest BCUT2D eigenvalue weighted by atomic mass is 10.1. The van der Waals surface area contributed by atoms with E-state index in [9.17, 15) is 4.79 Å². The van der Waals surface area contributed by atoms with Crippen LogP contribution in [0.25, 0.3) is 0 Å². The fourth-order valence-electron chi connectivity index (χ4n) is 2.48. The zero-order chi connectivity index (χ0) is 16.4. The number of anilines is 1. The normalized spacial score (nSPS) is 10.7. The third-order valence-corrected chi connectivity index (χ3v) is 3.82.